The average molecular weight is 212 g/mol. The molecule has 0 saturated carbocycles. The van der Waals surface area contributed by atoms with E-state index in [2.05, 4.69) is 0 Å². The van der Waals surface area contributed by atoms with Crippen molar-refractivity contribution in [3.63, 3.8) is 0 Å². The Labute approximate surface area is 75.4 Å². The first kappa shape index (κ1) is 10.2. The summed E-state index contributed by atoms with van der Waals surface area (Å²) in [6, 6.07) is 0. The van der Waals surface area contributed by atoms with Crippen molar-refractivity contribution in [2.75, 3.05) is 6.26 Å². The van der Waals surface area contributed by atoms with E-state index in [0.29, 0.717) is 11.8 Å². The van der Waals surface area contributed by atoms with Crippen LogP contribution < -0.4 is 0 Å². The van der Waals surface area contributed by atoms with Crippen LogP contribution in [0.3, 0.4) is 0 Å². The fourth-order valence-corrected chi connectivity index (χ4v) is 1.32. The highest BCUT2D eigenvalue weighted by molar-refractivity contribution is 7.98. The van der Waals surface area contributed by atoms with Gasteiger partial charge in [0.1, 0.15) is 0 Å². The predicted molar refractivity (Wildman–Crippen MR) is 39.7 cm³/mol. The maximum Gasteiger partial charge on any atom is 0.204 e. The van der Waals surface area contributed by atoms with Crippen molar-refractivity contribution in [1.82, 2.24) is 0 Å². The van der Waals surface area contributed by atoms with Crippen molar-refractivity contribution >= 4 is 11.8 Å². The van der Waals surface area contributed by atoms with Crippen molar-refractivity contribution in [3.05, 3.63) is 23.3 Å². The molecule has 0 unspecified atom stereocenters. The summed E-state index contributed by atoms with van der Waals surface area (Å²) >= 11 is 0.518. The second-order valence-electron chi connectivity index (χ2n) is 2.14. The lowest BCUT2D eigenvalue weighted by atomic mass is 10.3. The molecular weight excluding hydrogens is 208 g/mol. The number of thioether (sulfide) groups is 1. The molecule has 0 fully saturated rings. The number of phenols is 1. The molecule has 72 valence electrons. The first-order valence-electron chi connectivity index (χ1n) is 3.09. The van der Waals surface area contributed by atoms with Crippen molar-refractivity contribution in [3.8, 4) is 5.75 Å². The molecule has 1 aromatic rings. The zero-order valence-electron chi connectivity index (χ0n) is 6.37. The molecule has 6 heteroatoms. The lowest BCUT2D eigenvalue weighted by molar-refractivity contribution is 0.344. The largest absolute Gasteiger partial charge is 0.503 e. The van der Waals surface area contributed by atoms with Crippen LogP contribution in [0.25, 0.3) is 0 Å². The Balaban J connectivity index is 3.56. The molecule has 0 bridgehead atoms. The Bertz CT molecular complexity index is 324. The van der Waals surface area contributed by atoms with Gasteiger partial charge in [-0.2, -0.15) is 8.78 Å². The van der Waals surface area contributed by atoms with Crippen LogP contribution in [0.15, 0.2) is 4.90 Å². The fraction of sp³-hybridized carbons (Fsp3) is 0.143. The minimum absolute atomic E-state index is 0.518. The normalized spacial score (nSPS) is 10.5. The molecule has 0 amide bonds. The van der Waals surface area contributed by atoms with Gasteiger partial charge in [0.25, 0.3) is 0 Å². The standard InChI is InChI=1S/C7H4F4OS/c1-13-7-4(10)2(8)6(12)3(9)5(7)11/h12H,1H3. The first-order valence-corrected chi connectivity index (χ1v) is 4.32. The summed E-state index contributed by atoms with van der Waals surface area (Å²) in [5.74, 6) is -8.34. The van der Waals surface area contributed by atoms with Gasteiger partial charge in [-0.05, 0) is 6.26 Å². The van der Waals surface area contributed by atoms with Gasteiger partial charge in [-0.15, -0.1) is 11.8 Å². The second kappa shape index (κ2) is 3.45. The third kappa shape index (κ3) is 1.46. The lowest BCUT2D eigenvalue weighted by Crippen LogP contribution is -1.98. The van der Waals surface area contributed by atoms with Gasteiger partial charge in [0.2, 0.25) is 11.6 Å². The van der Waals surface area contributed by atoms with E-state index in [0.717, 1.165) is 0 Å². The van der Waals surface area contributed by atoms with Gasteiger partial charge in [-0.25, -0.2) is 8.78 Å². The predicted octanol–water partition coefficient (Wildman–Crippen LogP) is 2.67. The maximum atomic E-state index is 12.7. The van der Waals surface area contributed by atoms with E-state index in [1.165, 1.54) is 6.26 Å². The summed E-state index contributed by atoms with van der Waals surface area (Å²) in [4.78, 5) is -0.784. The molecule has 0 spiro atoms. The molecule has 0 aliphatic rings. The number of aromatic hydroxyl groups is 1. The van der Waals surface area contributed by atoms with Gasteiger partial charge in [-0.3, -0.25) is 0 Å². The number of halogens is 4. The number of benzene rings is 1. The van der Waals surface area contributed by atoms with Gasteiger partial charge >= 0.3 is 0 Å². The van der Waals surface area contributed by atoms with Gasteiger partial charge in [0, 0.05) is 0 Å². The molecule has 1 aromatic carbocycles. The SMILES string of the molecule is CSc1c(F)c(F)c(O)c(F)c1F. The van der Waals surface area contributed by atoms with Gasteiger partial charge in [-0.1, -0.05) is 0 Å². The third-order valence-corrected chi connectivity index (χ3v) is 2.17. The molecule has 0 aliphatic carbocycles. The smallest absolute Gasteiger partial charge is 0.204 e. The summed E-state index contributed by atoms with van der Waals surface area (Å²) in [5.41, 5.74) is 0. The van der Waals surface area contributed by atoms with Crippen LogP contribution in [-0.2, 0) is 0 Å². The molecule has 0 aliphatic heterocycles. The average Bonchev–Trinajstić information content (AvgIpc) is 2.13. The molecule has 0 aromatic heterocycles. The van der Waals surface area contributed by atoms with Crippen LogP contribution in [0.2, 0.25) is 0 Å². The Kier molecular flexibility index (Phi) is 2.70. The van der Waals surface area contributed by atoms with Crippen molar-refractivity contribution in [2.24, 2.45) is 0 Å². The van der Waals surface area contributed by atoms with Gasteiger partial charge < -0.3 is 5.11 Å². The Hall–Kier alpha value is -0.910. The quantitative estimate of drug-likeness (QED) is 0.438. The molecular formula is C7H4F4OS. The van der Waals surface area contributed by atoms with Crippen LogP contribution in [0.1, 0.15) is 0 Å². The second-order valence-corrected chi connectivity index (χ2v) is 2.95. The highest BCUT2D eigenvalue weighted by Gasteiger charge is 2.24. The Morgan fingerprint density at radius 1 is 0.923 bits per heavy atom. The van der Waals surface area contributed by atoms with Gasteiger partial charge in [0.05, 0.1) is 4.90 Å². The number of rotatable bonds is 1. The highest BCUT2D eigenvalue weighted by Crippen LogP contribution is 2.33. The molecule has 1 N–H and O–H groups in total. The third-order valence-electron chi connectivity index (χ3n) is 1.40. The monoisotopic (exact) mass is 212 g/mol. The zero-order chi connectivity index (χ0) is 10.2. The van der Waals surface area contributed by atoms with Crippen LogP contribution in [-0.4, -0.2) is 11.4 Å². The molecule has 0 heterocycles. The Morgan fingerprint density at radius 3 is 1.62 bits per heavy atom. The summed E-state index contributed by atoms with van der Waals surface area (Å²) in [7, 11) is 0. The van der Waals surface area contributed by atoms with E-state index in [9.17, 15) is 17.6 Å². The van der Waals surface area contributed by atoms with E-state index in [-0.39, 0.29) is 0 Å². The maximum absolute atomic E-state index is 12.7. The van der Waals surface area contributed by atoms with Crippen molar-refractivity contribution in [1.29, 1.82) is 0 Å². The van der Waals surface area contributed by atoms with Crippen LogP contribution >= 0.6 is 11.8 Å². The zero-order valence-corrected chi connectivity index (χ0v) is 7.18. The summed E-state index contributed by atoms with van der Waals surface area (Å²) < 4.78 is 50.6. The number of hydrogen-bond acceptors (Lipinski definition) is 2. The summed E-state index contributed by atoms with van der Waals surface area (Å²) in [5, 5.41) is 8.55. The van der Waals surface area contributed by atoms with Crippen LogP contribution in [0.5, 0.6) is 5.75 Å². The first-order chi connectivity index (χ1) is 6.00. The fourth-order valence-electron chi connectivity index (χ4n) is 0.779. The van der Waals surface area contributed by atoms with E-state index in [4.69, 9.17) is 5.11 Å². The summed E-state index contributed by atoms with van der Waals surface area (Å²) in [6.45, 7) is 0. The molecule has 0 saturated heterocycles. The number of hydrogen-bond donors (Lipinski definition) is 1. The Morgan fingerprint density at radius 2 is 1.31 bits per heavy atom. The van der Waals surface area contributed by atoms with Crippen LogP contribution in [0, 0.1) is 23.3 Å². The van der Waals surface area contributed by atoms with Crippen LogP contribution in [0.4, 0.5) is 17.6 Å². The number of phenolic OH excluding ortho intramolecular Hbond substituents is 1. The van der Waals surface area contributed by atoms with E-state index in [1.807, 2.05) is 0 Å². The molecule has 1 nitrogen and oxygen atoms in total. The lowest BCUT2D eigenvalue weighted by Gasteiger charge is -2.05. The van der Waals surface area contributed by atoms with E-state index in [1.54, 1.807) is 0 Å². The summed E-state index contributed by atoms with van der Waals surface area (Å²) in [6.07, 6.45) is 1.26. The topological polar surface area (TPSA) is 20.2 Å². The molecule has 13 heavy (non-hydrogen) atoms. The van der Waals surface area contributed by atoms with E-state index >= 15 is 0 Å². The van der Waals surface area contributed by atoms with Gasteiger partial charge in [0.15, 0.2) is 17.4 Å². The van der Waals surface area contributed by atoms with Crippen molar-refractivity contribution in [2.45, 2.75) is 4.90 Å². The molecule has 1 rings (SSSR count). The molecule has 0 atom stereocenters. The highest BCUT2D eigenvalue weighted by atomic mass is 32.2. The molecule has 0 radical (unpaired) electrons. The minimum Gasteiger partial charge on any atom is -0.503 e. The van der Waals surface area contributed by atoms with Crippen molar-refractivity contribution < 1.29 is 22.7 Å². The minimum atomic E-state index is -1.77. The van der Waals surface area contributed by atoms with E-state index < -0.39 is 33.9 Å².